The highest BCUT2D eigenvalue weighted by Gasteiger charge is 2.19. The molecule has 0 aromatic heterocycles. The molecule has 0 fully saturated rings. The summed E-state index contributed by atoms with van der Waals surface area (Å²) in [5.41, 5.74) is 0. The molecule has 0 aromatic rings. The van der Waals surface area contributed by atoms with E-state index in [1.807, 2.05) is 6.08 Å². The van der Waals surface area contributed by atoms with Crippen molar-refractivity contribution in [2.45, 2.75) is 226 Å². The van der Waals surface area contributed by atoms with Crippen molar-refractivity contribution in [1.82, 2.24) is 0 Å². The third kappa shape index (κ3) is 42.3. The van der Waals surface area contributed by atoms with E-state index in [4.69, 9.17) is 14.2 Å². The Kier molecular flexibility index (Phi) is 42.5. The van der Waals surface area contributed by atoms with Gasteiger partial charge in [0.2, 0.25) is 0 Å². The molecule has 322 valence electrons. The predicted octanol–water partition coefficient (Wildman–Crippen LogP) is 14.9. The van der Waals surface area contributed by atoms with Crippen LogP contribution in [-0.4, -0.2) is 37.2 Å². The topological polar surface area (TPSA) is 78.9 Å². The quantitative estimate of drug-likeness (QED) is 0.0266. The van der Waals surface area contributed by atoms with Crippen LogP contribution in [-0.2, 0) is 28.6 Å². The average molecular weight is 783 g/mol. The lowest BCUT2D eigenvalue weighted by Gasteiger charge is -2.18. The van der Waals surface area contributed by atoms with E-state index in [2.05, 4.69) is 69.4 Å². The molecule has 0 rings (SSSR count). The molecule has 0 radical (unpaired) electrons. The van der Waals surface area contributed by atoms with Crippen LogP contribution in [0.25, 0.3) is 0 Å². The Morgan fingerprint density at radius 2 is 0.786 bits per heavy atom. The fraction of sp³-hybridized carbons (Fsp3) is 0.740. The van der Waals surface area contributed by atoms with Crippen LogP contribution in [0.4, 0.5) is 0 Å². The van der Waals surface area contributed by atoms with Crippen LogP contribution >= 0.6 is 0 Å². The number of carbonyl (C=O) groups is 3. The van der Waals surface area contributed by atoms with Gasteiger partial charge in [-0.1, -0.05) is 184 Å². The van der Waals surface area contributed by atoms with E-state index in [0.29, 0.717) is 12.8 Å². The number of rotatable bonds is 41. The highest BCUT2D eigenvalue weighted by atomic mass is 16.6. The summed E-state index contributed by atoms with van der Waals surface area (Å²) in [7, 11) is 0. The van der Waals surface area contributed by atoms with E-state index < -0.39 is 12.1 Å². The van der Waals surface area contributed by atoms with E-state index in [0.717, 1.165) is 77.0 Å². The molecular formula is C50H86O6. The maximum absolute atomic E-state index is 12.7. The smallest absolute Gasteiger partial charge is 0.309 e. The lowest BCUT2D eigenvalue weighted by atomic mass is 10.1. The Bertz CT molecular complexity index is 1040. The van der Waals surface area contributed by atoms with Crippen LogP contribution in [0.1, 0.15) is 220 Å². The summed E-state index contributed by atoms with van der Waals surface area (Å²) in [5.74, 6) is -1.06. The van der Waals surface area contributed by atoms with Crippen molar-refractivity contribution in [2.75, 3.05) is 13.2 Å². The molecule has 1 atom stereocenters. The Labute approximate surface area is 345 Å². The molecule has 56 heavy (non-hydrogen) atoms. The van der Waals surface area contributed by atoms with Crippen molar-refractivity contribution in [2.24, 2.45) is 0 Å². The van der Waals surface area contributed by atoms with Gasteiger partial charge in [-0.25, -0.2) is 0 Å². The molecule has 0 aromatic carbocycles. The van der Waals surface area contributed by atoms with Gasteiger partial charge in [-0.2, -0.15) is 0 Å². The minimum Gasteiger partial charge on any atom is -0.462 e. The maximum atomic E-state index is 12.7. The second-order valence-electron chi connectivity index (χ2n) is 15.3. The van der Waals surface area contributed by atoms with E-state index in [1.54, 1.807) is 6.08 Å². The maximum Gasteiger partial charge on any atom is 0.309 e. The Hall–Kier alpha value is -2.89. The molecule has 0 heterocycles. The lowest BCUT2D eigenvalue weighted by molar-refractivity contribution is -0.166. The lowest BCUT2D eigenvalue weighted by Crippen LogP contribution is -2.30. The molecule has 0 amide bonds. The number of ether oxygens (including phenoxy) is 3. The Balaban J connectivity index is 4.32. The molecule has 0 aliphatic heterocycles. The summed E-state index contributed by atoms with van der Waals surface area (Å²) in [6.07, 6.45) is 53.9. The SMILES string of the molecule is CC/C=C\C/C=C\C/C=C\CC(=O)OCC(COC(=O)CCCCCCCCC/C=C\CCCCCCCCCC)OC(=O)CCCCCC/C=C\CCCC. The minimum atomic E-state index is -0.813. The van der Waals surface area contributed by atoms with Gasteiger partial charge in [0.25, 0.3) is 0 Å². The molecule has 0 bridgehead atoms. The van der Waals surface area contributed by atoms with Crippen molar-refractivity contribution in [3.63, 3.8) is 0 Å². The zero-order valence-electron chi connectivity index (χ0n) is 36.6. The first-order chi connectivity index (χ1) is 27.5. The van der Waals surface area contributed by atoms with Crippen LogP contribution in [0, 0.1) is 0 Å². The second-order valence-corrected chi connectivity index (χ2v) is 15.3. The van der Waals surface area contributed by atoms with Gasteiger partial charge >= 0.3 is 17.9 Å². The first-order valence-corrected chi connectivity index (χ1v) is 23.3. The van der Waals surface area contributed by atoms with Gasteiger partial charge < -0.3 is 14.2 Å². The van der Waals surface area contributed by atoms with E-state index in [1.165, 1.54) is 103 Å². The van der Waals surface area contributed by atoms with Gasteiger partial charge in [0, 0.05) is 12.8 Å². The molecule has 0 spiro atoms. The number of unbranched alkanes of at least 4 members (excludes halogenated alkanes) is 21. The summed E-state index contributed by atoms with van der Waals surface area (Å²) in [6, 6.07) is 0. The third-order valence-electron chi connectivity index (χ3n) is 9.76. The summed E-state index contributed by atoms with van der Waals surface area (Å²) in [5, 5.41) is 0. The van der Waals surface area contributed by atoms with Crippen molar-refractivity contribution >= 4 is 17.9 Å². The van der Waals surface area contributed by atoms with Crippen LogP contribution in [0.15, 0.2) is 60.8 Å². The molecule has 0 saturated heterocycles. The van der Waals surface area contributed by atoms with Crippen molar-refractivity contribution in [3.8, 4) is 0 Å². The van der Waals surface area contributed by atoms with Gasteiger partial charge in [0.15, 0.2) is 6.10 Å². The van der Waals surface area contributed by atoms with Crippen LogP contribution < -0.4 is 0 Å². The average Bonchev–Trinajstić information content (AvgIpc) is 3.19. The molecular weight excluding hydrogens is 697 g/mol. The van der Waals surface area contributed by atoms with Crippen molar-refractivity contribution < 1.29 is 28.6 Å². The second kappa shape index (κ2) is 44.8. The largest absolute Gasteiger partial charge is 0.462 e. The van der Waals surface area contributed by atoms with Crippen molar-refractivity contribution in [3.05, 3.63) is 60.8 Å². The molecule has 0 aliphatic carbocycles. The monoisotopic (exact) mass is 783 g/mol. The Morgan fingerprint density at radius 3 is 1.29 bits per heavy atom. The number of esters is 3. The first kappa shape index (κ1) is 53.1. The number of hydrogen-bond acceptors (Lipinski definition) is 6. The van der Waals surface area contributed by atoms with E-state index in [-0.39, 0.29) is 31.6 Å². The number of hydrogen-bond donors (Lipinski definition) is 0. The zero-order chi connectivity index (χ0) is 40.8. The summed E-state index contributed by atoms with van der Waals surface area (Å²) in [4.78, 5) is 37.6. The summed E-state index contributed by atoms with van der Waals surface area (Å²) < 4.78 is 16.5. The molecule has 6 heteroatoms. The van der Waals surface area contributed by atoms with Crippen LogP contribution in [0.2, 0.25) is 0 Å². The third-order valence-corrected chi connectivity index (χ3v) is 9.76. The van der Waals surface area contributed by atoms with Gasteiger partial charge in [-0.05, 0) is 77.0 Å². The standard InChI is InChI=1S/C50H86O6/c1-4-7-10-13-16-19-21-22-23-24-25-26-27-28-29-32-34-37-40-43-49(52)55-46-47(45-54-48(51)42-39-36-33-30-18-15-12-9-6-3)56-50(53)44-41-38-35-31-20-17-14-11-8-5-2/h9,12,14,17-18,24-25,30,36,39,47H,4-8,10-11,13,15-16,19-23,26-29,31-35,37-38,40-46H2,1-3H3/b12-9-,17-14-,25-24-,30-18-,39-36-. The van der Waals surface area contributed by atoms with Crippen LogP contribution in [0.3, 0.4) is 0 Å². The van der Waals surface area contributed by atoms with Crippen molar-refractivity contribution in [1.29, 1.82) is 0 Å². The first-order valence-electron chi connectivity index (χ1n) is 23.3. The fourth-order valence-electron chi connectivity index (χ4n) is 6.24. The fourth-order valence-corrected chi connectivity index (χ4v) is 6.24. The van der Waals surface area contributed by atoms with E-state index in [9.17, 15) is 14.4 Å². The highest BCUT2D eigenvalue weighted by Crippen LogP contribution is 2.13. The zero-order valence-corrected chi connectivity index (χ0v) is 36.6. The number of allylic oxidation sites excluding steroid dienone is 9. The van der Waals surface area contributed by atoms with Gasteiger partial charge in [-0.15, -0.1) is 0 Å². The van der Waals surface area contributed by atoms with Gasteiger partial charge in [0.1, 0.15) is 13.2 Å². The molecule has 0 N–H and O–H groups in total. The molecule has 0 aliphatic rings. The molecule has 1 unspecified atom stereocenters. The normalized spacial score (nSPS) is 12.6. The molecule has 0 saturated carbocycles. The van der Waals surface area contributed by atoms with Gasteiger partial charge in [-0.3, -0.25) is 14.4 Å². The predicted molar refractivity (Wildman–Crippen MR) is 238 cm³/mol. The molecule has 6 nitrogen and oxygen atoms in total. The number of carbonyl (C=O) groups excluding carboxylic acids is 3. The van der Waals surface area contributed by atoms with Gasteiger partial charge in [0.05, 0.1) is 6.42 Å². The van der Waals surface area contributed by atoms with Crippen LogP contribution in [0.5, 0.6) is 0 Å². The minimum absolute atomic E-state index is 0.108. The summed E-state index contributed by atoms with van der Waals surface area (Å²) in [6.45, 7) is 6.35. The summed E-state index contributed by atoms with van der Waals surface area (Å²) >= 11 is 0. The highest BCUT2D eigenvalue weighted by molar-refractivity contribution is 5.72. The Morgan fingerprint density at radius 1 is 0.393 bits per heavy atom. The van der Waals surface area contributed by atoms with E-state index >= 15 is 0 Å².